The molecule has 2 aromatic carbocycles. The number of nitrogens with two attached hydrogens (primary N) is 1. The van der Waals surface area contributed by atoms with Gasteiger partial charge in [-0.3, -0.25) is 4.79 Å². The van der Waals surface area contributed by atoms with Crippen molar-refractivity contribution in [3.05, 3.63) is 64.2 Å². The van der Waals surface area contributed by atoms with Crippen LogP contribution in [0.25, 0.3) is 0 Å². The van der Waals surface area contributed by atoms with Gasteiger partial charge in [0.1, 0.15) is 0 Å². The lowest BCUT2D eigenvalue weighted by Gasteiger charge is -2.21. The summed E-state index contributed by atoms with van der Waals surface area (Å²) in [4.78, 5) is 12.3. The van der Waals surface area contributed by atoms with Crippen LogP contribution in [0.1, 0.15) is 27.9 Å². The molecule has 0 saturated carbocycles. The van der Waals surface area contributed by atoms with Gasteiger partial charge in [-0.1, -0.05) is 17.7 Å². The van der Waals surface area contributed by atoms with Crippen LogP contribution < -0.4 is 11.1 Å². The molecule has 0 fully saturated rings. The van der Waals surface area contributed by atoms with Crippen LogP contribution in [0.2, 0.25) is 5.02 Å². The van der Waals surface area contributed by atoms with Gasteiger partial charge in [0.05, 0.1) is 0 Å². The lowest BCUT2D eigenvalue weighted by Crippen LogP contribution is -2.28. The van der Waals surface area contributed by atoms with Crippen LogP contribution in [0.15, 0.2) is 42.5 Å². The zero-order chi connectivity index (χ0) is 14.8. The van der Waals surface area contributed by atoms with Gasteiger partial charge in [0.25, 0.3) is 5.91 Å². The minimum Gasteiger partial charge on any atom is -0.327 e. The Balaban J connectivity index is 1.77. The molecule has 4 heteroatoms. The standard InChI is InChI=1S/C17H17ClN2O/c18-14-4-7-16(8-5-14)20-17(21)13-2-1-12-10-15(19)6-3-11(12)9-13/h1-2,4-5,7-9,15H,3,6,10,19H2,(H,20,21)/t15-/m1/s1. The molecule has 21 heavy (non-hydrogen) atoms. The summed E-state index contributed by atoms with van der Waals surface area (Å²) < 4.78 is 0. The summed E-state index contributed by atoms with van der Waals surface area (Å²) in [7, 11) is 0. The van der Waals surface area contributed by atoms with E-state index in [2.05, 4.69) is 5.32 Å². The maximum absolute atomic E-state index is 12.3. The lowest BCUT2D eigenvalue weighted by atomic mass is 9.87. The number of fused-ring (bicyclic) bond motifs is 1. The molecule has 1 atom stereocenters. The fourth-order valence-electron chi connectivity index (χ4n) is 2.66. The Morgan fingerprint density at radius 1 is 1.14 bits per heavy atom. The Labute approximate surface area is 129 Å². The summed E-state index contributed by atoms with van der Waals surface area (Å²) in [6.07, 6.45) is 2.82. The maximum atomic E-state index is 12.3. The van der Waals surface area contributed by atoms with E-state index in [1.54, 1.807) is 24.3 Å². The van der Waals surface area contributed by atoms with Crippen LogP contribution in [-0.4, -0.2) is 11.9 Å². The minimum absolute atomic E-state index is 0.102. The number of amides is 1. The first-order valence-corrected chi connectivity index (χ1v) is 7.44. The number of aryl methyl sites for hydroxylation is 1. The molecule has 3 rings (SSSR count). The summed E-state index contributed by atoms with van der Waals surface area (Å²) in [6, 6.07) is 13.2. The van der Waals surface area contributed by atoms with Gasteiger partial charge in [0.2, 0.25) is 0 Å². The Morgan fingerprint density at radius 2 is 1.90 bits per heavy atom. The van der Waals surface area contributed by atoms with Gasteiger partial charge in [-0.25, -0.2) is 0 Å². The van der Waals surface area contributed by atoms with Crippen LogP contribution in [-0.2, 0) is 12.8 Å². The van der Waals surface area contributed by atoms with E-state index in [1.165, 1.54) is 11.1 Å². The molecule has 108 valence electrons. The molecular weight excluding hydrogens is 284 g/mol. The molecule has 0 aliphatic heterocycles. The largest absolute Gasteiger partial charge is 0.327 e. The SMILES string of the molecule is N[C@@H]1CCc2cc(C(=O)Nc3ccc(Cl)cc3)ccc2C1. The number of benzene rings is 2. The van der Waals surface area contributed by atoms with Crippen LogP contribution in [0, 0.1) is 0 Å². The molecule has 2 aromatic rings. The topological polar surface area (TPSA) is 55.1 Å². The van der Waals surface area contributed by atoms with Crippen LogP contribution in [0.5, 0.6) is 0 Å². The van der Waals surface area contributed by atoms with E-state index in [1.807, 2.05) is 18.2 Å². The second-order valence-corrected chi connectivity index (χ2v) is 5.88. The summed E-state index contributed by atoms with van der Waals surface area (Å²) >= 11 is 5.83. The van der Waals surface area contributed by atoms with Gasteiger partial charge in [-0.15, -0.1) is 0 Å². The van der Waals surface area contributed by atoms with E-state index in [0.717, 1.165) is 24.9 Å². The van der Waals surface area contributed by atoms with Crippen molar-refractivity contribution < 1.29 is 4.79 Å². The second kappa shape index (κ2) is 5.88. The second-order valence-electron chi connectivity index (χ2n) is 5.45. The third kappa shape index (κ3) is 3.26. The van der Waals surface area contributed by atoms with Gasteiger partial charge < -0.3 is 11.1 Å². The Morgan fingerprint density at radius 3 is 2.67 bits per heavy atom. The molecule has 1 aliphatic carbocycles. The minimum atomic E-state index is -0.102. The van der Waals surface area contributed by atoms with Gasteiger partial charge in [0.15, 0.2) is 0 Å². The molecule has 0 spiro atoms. The van der Waals surface area contributed by atoms with Gasteiger partial charge in [-0.2, -0.15) is 0 Å². The van der Waals surface area contributed by atoms with Crippen molar-refractivity contribution in [3.63, 3.8) is 0 Å². The Hall–Kier alpha value is -1.84. The monoisotopic (exact) mass is 300 g/mol. The highest BCUT2D eigenvalue weighted by atomic mass is 35.5. The molecule has 0 radical (unpaired) electrons. The highest BCUT2D eigenvalue weighted by Gasteiger charge is 2.17. The van der Waals surface area contributed by atoms with Crippen molar-refractivity contribution >= 4 is 23.2 Å². The Bertz CT molecular complexity index is 667. The van der Waals surface area contributed by atoms with Crippen molar-refractivity contribution in [3.8, 4) is 0 Å². The van der Waals surface area contributed by atoms with Gasteiger partial charge in [0, 0.05) is 22.3 Å². The Kier molecular flexibility index (Phi) is 3.95. The molecule has 0 aromatic heterocycles. The fraction of sp³-hybridized carbons (Fsp3) is 0.235. The fourth-order valence-corrected chi connectivity index (χ4v) is 2.79. The first-order chi connectivity index (χ1) is 10.1. The van der Waals surface area contributed by atoms with Crippen molar-refractivity contribution in [1.29, 1.82) is 0 Å². The van der Waals surface area contributed by atoms with E-state index in [0.29, 0.717) is 10.6 Å². The predicted octanol–water partition coefficient (Wildman–Crippen LogP) is 3.41. The molecule has 3 nitrogen and oxygen atoms in total. The van der Waals surface area contributed by atoms with Gasteiger partial charge in [-0.05, 0) is 66.8 Å². The van der Waals surface area contributed by atoms with Crippen LogP contribution in [0.4, 0.5) is 5.69 Å². The van der Waals surface area contributed by atoms with Crippen molar-refractivity contribution in [1.82, 2.24) is 0 Å². The van der Waals surface area contributed by atoms with Crippen molar-refractivity contribution in [2.24, 2.45) is 5.73 Å². The number of anilines is 1. The third-order valence-corrected chi connectivity index (χ3v) is 4.09. The van der Waals surface area contributed by atoms with E-state index >= 15 is 0 Å². The van der Waals surface area contributed by atoms with Crippen molar-refractivity contribution in [2.75, 3.05) is 5.32 Å². The molecule has 0 unspecified atom stereocenters. The van der Waals surface area contributed by atoms with Gasteiger partial charge >= 0.3 is 0 Å². The highest BCUT2D eigenvalue weighted by Crippen LogP contribution is 2.22. The van der Waals surface area contributed by atoms with E-state index < -0.39 is 0 Å². The zero-order valence-corrected chi connectivity index (χ0v) is 12.4. The molecule has 3 N–H and O–H groups in total. The average Bonchev–Trinajstić information content (AvgIpc) is 2.49. The predicted molar refractivity (Wildman–Crippen MR) is 85.8 cm³/mol. The number of halogens is 1. The molecule has 1 aliphatic rings. The average molecular weight is 301 g/mol. The van der Waals surface area contributed by atoms with Crippen LogP contribution in [0.3, 0.4) is 0 Å². The van der Waals surface area contributed by atoms with Crippen molar-refractivity contribution in [2.45, 2.75) is 25.3 Å². The maximum Gasteiger partial charge on any atom is 0.255 e. The smallest absolute Gasteiger partial charge is 0.255 e. The number of hydrogen-bond acceptors (Lipinski definition) is 2. The quantitative estimate of drug-likeness (QED) is 0.893. The van der Waals surface area contributed by atoms with E-state index in [-0.39, 0.29) is 11.9 Å². The molecule has 1 amide bonds. The molecule has 0 heterocycles. The first kappa shape index (κ1) is 14.1. The lowest BCUT2D eigenvalue weighted by molar-refractivity contribution is 0.102. The third-order valence-electron chi connectivity index (χ3n) is 3.84. The first-order valence-electron chi connectivity index (χ1n) is 7.06. The van der Waals surface area contributed by atoms with Crippen LogP contribution >= 0.6 is 11.6 Å². The molecule has 0 bridgehead atoms. The van der Waals surface area contributed by atoms with E-state index in [4.69, 9.17) is 17.3 Å². The number of hydrogen-bond donors (Lipinski definition) is 2. The summed E-state index contributed by atoms with van der Waals surface area (Å²) in [5, 5.41) is 3.53. The number of carbonyl (C=O) groups excluding carboxylic acids is 1. The zero-order valence-electron chi connectivity index (χ0n) is 11.6. The molecular formula is C17H17ClN2O. The normalized spacial score (nSPS) is 17.1. The summed E-state index contributed by atoms with van der Waals surface area (Å²) in [6.45, 7) is 0. The number of nitrogens with one attached hydrogen (secondary N) is 1. The number of carbonyl (C=O) groups is 1. The molecule has 0 saturated heterocycles. The summed E-state index contributed by atoms with van der Waals surface area (Å²) in [5.41, 5.74) is 9.89. The number of rotatable bonds is 2. The summed E-state index contributed by atoms with van der Waals surface area (Å²) in [5.74, 6) is -0.102. The van der Waals surface area contributed by atoms with E-state index in [9.17, 15) is 4.79 Å². The highest BCUT2D eigenvalue weighted by molar-refractivity contribution is 6.30.